The minimum absolute atomic E-state index is 0.0984. The van der Waals surface area contributed by atoms with E-state index >= 15 is 0 Å². The number of alkyl halides is 2. The maximum absolute atomic E-state index is 4.91. The number of ether oxygens (including phenoxy) is 1. The summed E-state index contributed by atoms with van der Waals surface area (Å²) in [5.41, 5.74) is 0. The molecule has 0 aromatic rings. The molecule has 0 radical (unpaired) electrons. The van der Waals surface area contributed by atoms with Gasteiger partial charge in [-0.1, -0.05) is 6.08 Å². The van der Waals surface area contributed by atoms with Crippen molar-refractivity contribution in [2.24, 2.45) is 0 Å². The lowest BCUT2D eigenvalue weighted by Gasteiger charge is -1.96. The summed E-state index contributed by atoms with van der Waals surface area (Å²) >= 11 is 5.30. The highest BCUT2D eigenvalue weighted by atomic mass is 127. The van der Waals surface area contributed by atoms with Gasteiger partial charge in [0.2, 0.25) is 3.02 Å². The molecule has 0 aliphatic rings. The summed E-state index contributed by atoms with van der Waals surface area (Å²) in [6.45, 7) is 1.91. The first-order chi connectivity index (χ1) is 3.27. The molecular formula is C4H6BrIO. The molecule has 0 heterocycles. The molecule has 1 nitrogen and oxygen atoms in total. The highest BCUT2D eigenvalue weighted by molar-refractivity contribution is 14.1. The number of halogens is 2. The fourth-order valence-electron chi connectivity index (χ4n) is 0.138. The molecule has 42 valence electrons. The Morgan fingerprint density at radius 3 is 2.57 bits per heavy atom. The number of rotatable bonds is 2. The van der Waals surface area contributed by atoms with E-state index in [1.54, 1.807) is 6.26 Å². The van der Waals surface area contributed by atoms with E-state index in [1.807, 2.05) is 13.0 Å². The van der Waals surface area contributed by atoms with E-state index in [2.05, 4.69) is 38.5 Å². The van der Waals surface area contributed by atoms with Crippen molar-refractivity contribution in [3.8, 4) is 0 Å². The average molecular weight is 277 g/mol. The first-order valence-corrected chi connectivity index (χ1v) is 3.98. The highest BCUT2D eigenvalue weighted by Crippen LogP contribution is 2.09. The number of hydrogen-bond donors (Lipinski definition) is 0. The molecule has 0 aliphatic heterocycles. The molecule has 0 spiro atoms. The molecule has 0 fully saturated rings. The van der Waals surface area contributed by atoms with Gasteiger partial charge in [-0.3, -0.25) is 0 Å². The van der Waals surface area contributed by atoms with Crippen molar-refractivity contribution in [3.63, 3.8) is 0 Å². The molecule has 7 heavy (non-hydrogen) atoms. The summed E-state index contributed by atoms with van der Waals surface area (Å²) in [7, 11) is 0. The Hall–Kier alpha value is 0.750. The normalized spacial score (nSPS) is 14.7. The predicted molar refractivity (Wildman–Crippen MR) is 42.6 cm³/mol. The van der Waals surface area contributed by atoms with E-state index in [0.717, 1.165) is 0 Å². The van der Waals surface area contributed by atoms with Crippen molar-refractivity contribution in [1.82, 2.24) is 0 Å². The standard InChI is InChI=1S/C4H6BrIO/c1-2-3-7-4(5)6/h2-4H,1H3/b3-2-. The van der Waals surface area contributed by atoms with E-state index in [9.17, 15) is 0 Å². The van der Waals surface area contributed by atoms with Crippen LogP contribution in [0.25, 0.3) is 0 Å². The van der Waals surface area contributed by atoms with E-state index in [-0.39, 0.29) is 3.02 Å². The van der Waals surface area contributed by atoms with Gasteiger partial charge in [0.15, 0.2) is 0 Å². The molecule has 0 rings (SSSR count). The van der Waals surface area contributed by atoms with Crippen molar-refractivity contribution >= 4 is 38.5 Å². The summed E-state index contributed by atoms with van der Waals surface area (Å²) < 4.78 is 5.01. The maximum Gasteiger partial charge on any atom is 0.202 e. The zero-order valence-electron chi connectivity index (χ0n) is 3.90. The van der Waals surface area contributed by atoms with Gasteiger partial charge in [-0.25, -0.2) is 0 Å². The second-order valence-electron chi connectivity index (χ2n) is 0.866. The second-order valence-corrected chi connectivity index (χ2v) is 4.54. The fourth-order valence-corrected chi connectivity index (χ4v) is 0.432. The van der Waals surface area contributed by atoms with Crippen LogP contribution in [0.5, 0.6) is 0 Å². The Labute approximate surface area is 65.4 Å². The largest absolute Gasteiger partial charge is 0.477 e. The van der Waals surface area contributed by atoms with E-state index in [1.165, 1.54) is 0 Å². The minimum Gasteiger partial charge on any atom is -0.477 e. The quantitative estimate of drug-likeness (QED) is 0.428. The van der Waals surface area contributed by atoms with Crippen LogP contribution in [0, 0.1) is 0 Å². The van der Waals surface area contributed by atoms with Crippen LogP contribution in [0.1, 0.15) is 6.92 Å². The Morgan fingerprint density at radius 1 is 1.86 bits per heavy atom. The topological polar surface area (TPSA) is 9.23 Å². The first kappa shape index (κ1) is 7.75. The monoisotopic (exact) mass is 276 g/mol. The third-order valence-electron chi connectivity index (χ3n) is 0.318. The third-order valence-corrected chi connectivity index (χ3v) is 0.827. The lowest BCUT2D eigenvalue weighted by Crippen LogP contribution is -1.82. The SMILES string of the molecule is C/C=C\OC(Br)I. The van der Waals surface area contributed by atoms with Gasteiger partial charge in [0.1, 0.15) is 0 Å². The number of allylic oxidation sites excluding steroid dienone is 1. The molecule has 0 saturated heterocycles. The van der Waals surface area contributed by atoms with Crippen molar-refractivity contribution < 1.29 is 4.74 Å². The van der Waals surface area contributed by atoms with E-state index in [4.69, 9.17) is 4.74 Å². The smallest absolute Gasteiger partial charge is 0.202 e. The molecular weight excluding hydrogens is 271 g/mol. The molecule has 0 N–H and O–H groups in total. The Morgan fingerprint density at radius 2 is 2.43 bits per heavy atom. The van der Waals surface area contributed by atoms with Gasteiger partial charge in [0.05, 0.1) is 6.26 Å². The fraction of sp³-hybridized carbons (Fsp3) is 0.500. The van der Waals surface area contributed by atoms with Crippen molar-refractivity contribution in [2.45, 2.75) is 9.94 Å². The average Bonchev–Trinajstić information content (AvgIpc) is 1.61. The van der Waals surface area contributed by atoms with Gasteiger partial charge in [-0.2, -0.15) is 0 Å². The third kappa shape index (κ3) is 6.75. The molecule has 0 amide bonds. The molecule has 3 heteroatoms. The molecule has 1 atom stereocenters. The minimum atomic E-state index is 0.0984. The van der Waals surface area contributed by atoms with Gasteiger partial charge in [0, 0.05) is 0 Å². The van der Waals surface area contributed by atoms with Crippen LogP contribution in [0.2, 0.25) is 0 Å². The van der Waals surface area contributed by atoms with Crippen LogP contribution in [-0.4, -0.2) is 3.02 Å². The van der Waals surface area contributed by atoms with Crippen LogP contribution in [0.15, 0.2) is 12.3 Å². The summed E-state index contributed by atoms with van der Waals surface area (Å²) in [6, 6.07) is 0. The second kappa shape index (κ2) is 4.90. The lowest BCUT2D eigenvalue weighted by atomic mass is 10.7. The van der Waals surface area contributed by atoms with Gasteiger partial charge < -0.3 is 4.74 Å². The Bertz CT molecular complexity index is 62.7. The summed E-state index contributed by atoms with van der Waals surface area (Å²) in [5, 5.41) is 0. The van der Waals surface area contributed by atoms with Crippen LogP contribution >= 0.6 is 38.5 Å². The predicted octanol–water partition coefficient (Wildman–Crippen LogP) is 2.65. The van der Waals surface area contributed by atoms with Gasteiger partial charge in [0.25, 0.3) is 0 Å². The zero-order valence-corrected chi connectivity index (χ0v) is 7.64. The molecule has 0 aromatic heterocycles. The Balaban J connectivity index is 2.97. The first-order valence-electron chi connectivity index (χ1n) is 1.82. The van der Waals surface area contributed by atoms with Crippen molar-refractivity contribution in [1.29, 1.82) is 0 Å². The van der Waals surface area contributed by atoms with E-state index < -0.39 is 0 Å². The van der Waals surface area contributed by atoms with Crippen LogP contribution < -0.4 is 0 Å². The Kier molecular flexibility index (Phi) is 5.42. The van der Waals surface area contributed by atoms with Crippen LogP contribution in [-0.2, 0) is 4.74 Å². The number of hydrogen-bond acceptors (Lipinski definition) is 1. The lowest BCUT2D eigenvalue weighted by molar-refractivity contribution is 0.307. The summed E-state index contributed by atoms with van der Waals surface area (Å²) in [4.78, 5) is 0. The highest BCUT2D eigenvalue weighted by Gasteiger charge is 1.87. The molecule has 1 unspecified atom stereocenters. The van der Waals surface area contributed by atoms with Crippen molar-refractivity contribution in [2.75, 3.05) is 0 Å². The van der Waals surface area contributed by atoms with Gasteiger partial charge >= 0.3 is 0 Å². The summed E-state index contributed by atoms with van der Waals surface area (Å²) in [6.07, 6.45) is 3.48. The maximum atomic E-state index is 4.91. The van der Waals surface area contributed by atoms with E-state index in [0.29, 0.717) is 0 Å². The van der Waals surface area contributed by atoms with Crippen molar-refractivity contribution in [3.05, 3.63) is 12.3 Å². The molecule has 0 bridgehead atoms. The summed E-state index contributed by atoms with van der Waals surface area (Å²) in [5.74, 6) is 0. The van der Waals surface area contributed by atoms with Gasteiger partial charge in [-0.15, -0.1) is 0 Å². The molecule has 0 aliphatic carbocycles. The zero-order chi connectivity index (χ0) is 5.70. The molecule has 0 aromatic carbocycles. The van der Waals surface area contributed by atoms with Crippen LogP contribution in [0.3, 0.4) is 0 Å². The molecule has 0 saturated carbocycles. The van der Waals surface area contributed by atoms with Crippen LogP contribution in [0.4, 0.5) is 0 Å². The van der Waals surface area contributed by atoms with Gasteiger partial charge in [-0.05, 0) is 45.4 Å².